The Hall–Kier alpha value is -0.980. The quantitative estimate of drug-likeness (QED) is 0.723. The number of hydrogen-bond donors (Lipinski definition) is 0. The van der Waals surface area contributed by atoms with Crippen molar-refractivity contribution in [3.63, 3.8) is 0 Å². The van der Waals surface area contributed by atoms with Crippen molar-refractivity contribution in [2.24, 2.45) is 0 Å². The summed E-state index contributed by atoms with van der Waals surface area (Å²) < 4.78 is 5.80. The van der Waals surface area contributed by atoms with E-state index in [4.69, 9.17) is 4.74 Å². The highest BCUT2D eigenvalue weighted by molar-refractivity contribution is 9.10. The van der Waals surface area contributed by atoms with E-state index in [1.54, 1.807) is 24.3 Å². The first kappa shape index (κ1) is 17.1. The van der Waals surface area contributed by atoms with Crippen LogP contribution in [-0.2, 0) is 4.74 Å². The lowest BCUT2D eigenvalue weighted by atomic mass is 10.3. The van der Waals surface area contributed by atoms with Gasteiger partial charge >= 0.3 is 0 Å². The molecule has 1 heterocycles. The topological polar surface area (TPSA) is 45.7 Å². The molecule has 0 atom stereocenters. The molecular weight excluding hydrogens is 322 g/mol. The molecule has 20 heavy (non-hydrogen) atoms. The Morgan fingerprint density at radius 2 is 2.10 bits per heavy atom. The average molecular weight is 344 g/mol. The Morgan fingerprint density at radius 3 is 2.70 bits per heavy atom. The van der Waals surface area contributed by atoms with Gasteiger partial charge in [-0.05, 0) is 55.1 Å². The first-order valence-electron chi connectivity index (χ1n) is 6.59. The monoisotopic (exact) mass is 343 g/mol. The molecule has 112 valence electrons. The minimum absolute atomic E-state index is 0.0618. The molecule has 0 N–H and O–H groups in total. The van der Waals surface area contributed by atoms with Gasteiger partial charge in [-0.3, -0.25) is 4.79 Å². The number of halogens is 1. The zero-order valence-electron chi connectivity index (χ0n) is 12.3. The van der Waals surface area contributed by atoms with E-state index in [-0.39, 0.29) is 5.91 Å². The number of methoxy groups -OCH3 is 1. The fourth-order valence-corrected chi connectivity index (χ4v) is 2.21. The summed E-state index contributed by atoms with van der Waals surface area (Å²) in [6.45, 7) is 2.74. The SMILES string of the molecule is COCCN(CCCN(C)C)C(=O)c1ncccc1Br. The molecule has 0 radical (unpaired) electrons. The number of rotatable bonds is 8. The summed E-state index contributed by atoms with van der Waals surface area (Å²) in [5, 5.41) is 0. The van der Waals surface area contributed by atoms with E-state index in [2.05, 4.69) is 25.8 Å². The molecule has 0 aliphatic heterocycles. The van der Waals surface area contributed by atoms with Crippen molar-refractivity contribution < 1.29 is 9.53 Å². The number of carbonyl (C=O) groups is 1. The molecule has 6 heteroatoms. The third-order valence-electron chi connectivity index (χ3n) is 2.85. The minimum atomic E-state index is -0.0618. The third-order valence-corrected chi connectivity index (χ3v) is 3.49. The molecule has 1 aromatic rings. The Labute approximate surface area is 129 Å². The van der Waals surface area contributed by atoms with E-state index >= 15 is 0 Å². The van der Waals surface area contributed by atoms with Crippen molar-refractivity contribution in [1.82, 2.24) is 14.8 Å². The van der Waals surface area contributed by atoms with Crippen molar-refractivity contribution in [3.8, 4) is 0 Å². The van der Waals surface area contributed by atoms with Gasteiger partial charge in [0.1, 0.15) is 5.69 Å². The molecule has 0 unspecified atom stereocenters. The van der Waals surface area contributed by atoms with Crippen LogP contribution in [-0.4, -0.2) is 68.1 Å². The fraction of sp³-hybridized carbons (Fsp3) is 0.571. The molecular formula is C14H22BrN3O2. The van der Waals surface area contributed by atoms with Gasteiger partial charge in [-0.15, -0.1) is 0 Å². The normalized spacial score (nSPS) is 10.8. The molecule has 1 amide bonds. The van der Waals surface area contributed by atoms with Gasteiger partial charge in [-0.1, -0.05) is 0 Å². The highest BCUT2D eigenvalue weighted by atomic mass is 79.9. The van der Waals surface area contributed by atoms with Crippen LogP contribution >= 0.6 is 15.9 Å². The lowest BCUT2D eigenvalue weighted by Gasteiger charge is -2.23. The Balaban J connectivity index is 2.71. The van der Waals surface area contributed by atoms with E-state index in [0.717, 1.165) is 17.4 Å². The van der Waals surface area contributed by atoms with Gasteiger partial charge in [0.05, 0.1) is 6.61 Å². The molecule has 1 aromatic heterocycles. The predicted octanol–water partition coefficient (Wildman–Crippen LogP) is 1.88. The molecule has 0 spiro atoms. The van der Waals surface area contributed by atoms with Crippen LogP contribution in [0.1, 0.15) is 16.9 Å². The van der Waals surface area contributed by atoms with E-state index in [9.17, 15) is 4.79 Å². The fourth-order valence-electron chi connectivity index (χ4n) is 1.79. The largest absolute Gasteiger partial charge is 0.383 e. The maximum Gasteiger partial charge on any atom is 0.273 e. The standard InChI is InChI=1S/C14H22BrN3O2/c1-17(2)8-5-9-18(10-11-20-3)14(19)13-12(15)6-4-7-16-13/h4,6-7H,5,8-11H2,1-3H3. The summed E-state index contributed by atoms with van der Waals surface area (Å²) in [6.07, 6.45) is 2.55. The zero-order valence-corrected chi connectivity index (χ0v) is 13.9. The van der Waals surface area contributed by atoms with E-state index in [0.29, 0.717) is 25.4 Å². The molecule has 0 saturated carbocycles. The van der Waals surface area contributed by atoms with Crippen LogP contribution in [0.4, 0.5) is 0 Å². The number of aromatic nitrogens is 1. The first-order valence-corrected chi connectivity index (χ1v) is 7.39. The van der Waals surface area contributed by atoms with Crippen molar-refractivity contribution in [3.05, 3.63) is 28.5 Å². The summed E-state index contributed by atoms with van der Waals surface area (Å²) in [5.41, 5.74) is 0.452. The zero-order chi connectivity index (χ0) is 15.0. The number of pyridine rings is 1. The highest BCUT2D eigenvalue weighted by Gasteiger charge is 2.18. The van der Waals surface area contributed by atoms with Crippen LogP contribution in [0.5, 0.6) is 0 Å². The first-order chi connectivity index (χ1) is 9.56. The number of carbonyl (C=O) groups excluding carboxylic acids is 1. The van der Waals surface area contributed by atoms with Crippen molar-refractivity contribution >= 4 is 21.8 Å². The van der Waals surface area contributed by atoms with Crippen LogP contribution in [0.3, 0.4) is 0 Å². The average Bonchev–Trinajstić information content (AvgIpc) is 2.42. The number of nitrogens with zero attached hydrogens (tertiary/aromatic N) is 3. The molecule has 0 bridgehead atoms. The second-order valence-corrected chi connectivity index (χ2v) is 5.63. The van der Waals surface area contributed by atoms with Gasteiger partial charge in [0.25, 0.3) is 5.91 Å². The summed E-state index contributed by atoms with van der Waals surface area (Å²) in [7, 11) is 5.69. The van der Waals surface area contributed by atoms with Gasteiger partial charge in [-0.25, -0.2) is 4.98 Å². The molecule has 0 aromatic carbocycles. The van der Waals surface area contributed by atoms with Gasteiger partial charge in [0, 0.05) is 30.9 Å². The van der Waals surface area contributed by atoms with E-state index < -0.39 is 0 Å². The Kier molecular flexibility index (Phi) is 7.72. The minimum Gasteiger partial charge on any atom is -0.383 e. The molecule has 0 aliphatic carbocycles. The van der Waals surface area contributed by atoms with Crippen molar-refractivity contribution in [2.75, 3.05) is 47.4 Å². The lowest BCUT2D eigenvalue weighted by molar-refractivity contribution is 0.0682. The maximum atomic E-state index is 12.5. The molecule has 0 aliphatic rings. The van der Waals surface area contributed by atoms with E-state index in [1.807, 2.05) is 20.2 Å². The number of amides is 1. The van der Waals surface area contributed by atoms with Gasteiger partial charge < -0.3 is 14.5 Å². The Morgan fingerprint density at radius 1 is 1.35 bits per heavy atom. The number of ether oxygens (including phenoxy) is 1. The molecule has 0 saturated heterocycles. The van der Waals surface area contributed by atoms with Gasteiger partial charge in [-0.2, -0.15) is 0 Å². The summed E-state index contributed by atoms with van der Waals surface area (Å²) in [6, 6.07) is 3.63. The molecule has 5 nitrogen and oxygen atoms in total. The molecule has 0 fully saturated rings. The lowest BCUT2D eigenvalue weighted by Crippen LogP contribution is -2.36. The van der Waals surface area contributed by atoms with Crippen LogP contribution in [0.25, 0.3) is 0 Å². The maximum absolute atomic E-state index is 12.5. The second kappa shape index (κ2) is 9.05. The summed E-state index contributed by atoms with van der Waals surface area (Å²) in [5.74, 6) is -0.0618. The van der Waals surface area contributed by atoms with Crippen molar-refractivity contribution in [1.29, 1.82) is 0 Å². The number of hydrogen-bond acceptors (Lipinski definition) is 4. The van der Waals surface area contributed by atoms with Gasteiger partial charge in [0.2, 0.25) is 0 Å². The van der Waals surface area contributed by atoms with Crippen LogP contribution in [0.2, 0.25) is 0 Å². The molecule has 1 rings (SSSR count). The van der Waals surface area contributed by atoms with Crippen LogP contribution in [0.15, 0.2) is 22.8 Å². The van der Waals surface area contributed by atoms with Crippen LogP contribution in [0, 0.1) is 0 Å². The Bertz CT molecular complexity index is 427. The van der Waals surface area contributed by atoms with Gasteiger partial charge in [0.15, 0.2) is 0 Å². The summed E-state index contributed by atoms with van der Waals surface area (Å²) in [4.78, 5) is 20.6. The predicted molar refractivity (Wildman–Crippen MR) is 82.9 cm³/mol. The second-order valence-electron chi connectivity index (χ2n) is 4.78. The van der Waals surface area contributed by atoms with Crippen LogP contribution < -0.4 is 0 Å². The third kappa shape index (κ3) is 5.56. The van der Waals surface area contributed by atoms with E-state index in [1.165, 1.54) is 0 Å². The van der Waals surface area contributed by atoms with Crippen molar-refractivity contribution in [2.45, 2.75) is 6.42 Å². The summed E-state index contributed by atoms with van der Waals surface area (Å²) >= 11 is 3.38. The highest BCUT2D eigenvalue weighted by Crippen LogP contribution is 2.15. The smallest absolute Gasteiger partial charge is 0.273 e.